The summed E-state index contributed by atoms with van der Waals surface area (Å²) < 4.78 is 7.05. The van der Waals surface area contributed by atoms with Crippen LogP contribution in [0.2, 0.25) is 5.02 Å². The van der Waals surface area contributed by atoms with Crippen LogP contribution in [0, 0.1) is 0 Å². The number of piperazine rings is 1. The molecule has 1 aliphatic heterocycles. The highest BCUT2D eigenvalue weighted by atomic mass is 35.5. The number of hydrogen-bond acceptors (Lipinski definition) is 4. The highest BCUT2D eigenvalue weighted by molar-refractivity contribution is 6.30. The van der Waals surface area contributed by atoms with Gasteiger partial charge in [0, 0.05) is 31.4 Å². The Labute approximate surface area is 146 Å². The zero-order valence-electron chi connectivity index (χ0n) is 13.9. The molecule has 1 atom stereocenters. The van der Waals surface area contributed by atoms with Crippen molar-refractivity contribution < 1.29 is 9.53 Å². The molecule has 1 aliphatic rings. The molecule has 2 aromatic rings. The normalized spacial score (nSPS) is 18.6. The van der Waals surface area contributed by atoms with Crippen LogP contribution in [0.1, 0.15) is 11.6 Å². The number of carbonyl (C=O) groups excluding carboxylic acids is 1. The molecule has 0 saturated carbocycles. The fraction of sp³-hybridized carbons (Fsp3) is 0.412. The van der Waals surface area contributed by atoms with E-state index >= 15 is 0 Å². The van der Waals surface area contributed by atoms with Crippen molar-refractivity contribution in [3.05, 3.63) is 47.2 Å². The van der Waals surface area contributed by atoms with E-state index in [1.165, 1.54) is 6.20 Å². The van der Waals surface area contributed by atoms with Gasteiger partial charge in [0.2, 0.25) is 5.91 Å². The van der Waals surface area contributed by atoms with E-state index in [1.54, 1.807) is 18.0 Å². The summed E-state index contributed by atoms with van der Waals surface area (Å²) in [6, 6.07) is 8.07. The summed E-state index contributed by atoms with van der Waals surface area (Å²) in [4.78, 5) is 16.7. The maximum absolute atomic E-state index is 12.6. The van der Waals surface area contributed by atoms with Gasteiger partial charge in [-0.25, -0.2) is 0 Å². The molecule has 0 spiro atoms. The number of carbonyl (C=O) groups is 1. The van der Waals surface area contributed by atoms with Crippen molar-refractivity contribution >= 4 is 17.5 Å². The van der Waals surface area contributed by atoms with Gasteiger partial charge in [-0.05, 0) is 13.1 Å². The third-order valence-electron chi connectivity index (χ3n) is 4.40. The first-order valence-electron chi connectivity index (χ1n) is 7.87. The zero-order valence-corrected chi connectivity index (χ0v) is 14.6. The van der Waals surface area contributed by atoms with Gasteiger partial charge >= 0.3 is 0 Å². The van der Waals surface area contributed by atoms with Gasteiger partial charge in [-0.1, -0.05) is 29.8 Å². The fourth-order valence-corrected chi connectivity index (χ4v) is 3.20. The minimum Gasteiger partial charge on any atom is -0.496 e. The van der Waals surface area contributed by atoms with Crippen molar-refractivity contribution in [2.45, 2.75) is 12.6 Å². The van der Waals surface area contributed by atoms with E-state index in [9.17, 15) is 4.79 Å². The van der Waals surface area contributed by atoms with E-state index in [2.05, 4.69) is 23.1 Å². The van der Waals surface area contributed by atoms with Crippen LogP contribution in [-0.4, -0.2) is 59.3 Å². The molecule has 1 amide bonds. The minimum absolute atomic E-state index is 0.0442. The number of amides is 1. The van der Waals surface area contributed by atoms with Crippen LogP contribution >= 0.6 is 11.6 Å². The predicted octanol–water partition coefficient (Wildman–Crippen LogP) is 2.06. The minimum atomic E-state index is 0.0442. The van der Waals surface area contributed by atoms with E-state index in [-0.39, 0.29) is 18.5 Å². The van der Waals surface area contributed by atoms with Crippen molar-refractivity contribution in [3.63, 3.8) is 0 Å². The fourth-order valence-electron chi connectivity index (χ4n) is 3.04. The number of para-hydroxylation sites is 1. The Morgan fingerprint density at radius 3 is 2.88 bits per heavy atom. The molecule has 2 heterocycles. The van der Waals surface area contributed by atoms with Crippen molar-refractivity contribution in [1.82, 2.24) is 19.6 Å². The van der Waals surface area contributed by atoms with Crippen LogP contribution in [0.3, 0.4) is 0 Å². The molecular weight excluding hydrogens is 328 g/mol. The molecule has 1 aromatic carbocycles. The number of rotatable bonds is 4. The number of ether oxygens (including phenoxy) is 1. The van der Waals surface area contributed by atoms with Gasteiger partial charge in [-0.3, -0.25) is 14.4 Å². The summed E-state index contributed by atoms with van der Waals surface area (Å²) in [7, 11) is 3.75. The quantitative estimate of drug-likeness (QED) is 0.848. The second-order valence-corrected chi connectivity index (χ2v) is 6.37. The number of nitrogens with zero attached hydrogens (tertiary/aromatic N) is 4. The average molecular weight is 349 g/mol. The molecule has 1 fully saturated rings. The first kappa shape index (κ1) is 16.8. The molecule has 128 valence electrons. The maximum Gasteiger partial charge on any atom is 0.244 e. The molecule has 6 nitrogen and oxygen atoms in total. The first-order valence-corrected chi connectivity index (χ1v) is 8.25. The molecule has 7 heteroatoms. The van der Waals surface area contributed by atoms with Crippen molar-refractivity contribution in [2.75, 3.05) is 33.8 Å². The summed E-state index contributed by atoms with van der Waals surface area (Å²) in [6.07, 6.45) is 3.20. The Kier molecular flexibility index (Phi) is 5.06. The number of hydrogen-bond donors (Lipinski definition) is 0. The summed E-state index contributed by atoms with van der Waals surface area (Å²) in [5.74, 6) is 0.894. The predicted molar refractivity (Wildman–Crippen MR) is 92.2 cm³/mol. The largest absolute Gasteiger partial charge is 0.496 e. The van der Waals surface area contributed by atoms with E-state index in [0.717, 1.165) is 17.9 Å². The molecule has 24 heavy (non-hydrogen) atoms. The molecule has 0 aliphatic carbocycles. The van der Waals surface area contributed by atoms with Gasteiger partial charge in [0.05, 0.1) is 24.4 Å². The summed E-state index contributed by atoms with van der Waals surface area (Å²) >= 11 is 5.86. The Morgan fingerprint density at radius 2 is 2.17 bits per heavy atom. The van der Waals surface area contributed by atoms with Crippen molar-refractivity contribution in [1.29, 1.82) is 0 Å². The number of aromatic nitrogens is 2. The van der Waals surface area contributed by atoms with Gasteiger partial charge in [0.15, 0.2) is 0 Å². The van der Waals surface area contributed by atoms with E-state index in [0.29, 0.717) is 18.1 Å². The highest BCUT2D eigenvalue weighted by Crippen LogP contribution is 2.31. The van der Waals surface area contributed by atoms with Crippen molar-refractivity contribution in [2.24, 2.45) is 0 Å². The van der Waals surface area contributed by atoms with Crippen LogP contribution in [0.15, 0.2) is 36.7 Å². The lowest BCUT2D eigenvalue weighted by Crippen LogP contribution is -2.49. The van der Waals surface area contributed by atoms with E-state index in [1.807, 2.05) is 23.1 Å². The van der Waals surface area contributed by atoms with E-state index < -0.39 is 0 Å². The maximum atomic E-state index is 12.6. The van der Waals surface area contributed by atoms with Crippen LogP contribution in [0.25, 0.3) is 0 Å². The van der Waals surface area contributed by atoms with Crippen LogP contribution in [0.4, 0.5) is 0 Å². The number of likely N-dealkylation sites (N-methyl/N-ethyl adjacent to an activating group) is 1. The Balaban J connectivity index is 1.74. The summed E-state index contributed by atoms with van der Waals surface area (Å²) in [5, 5.41) is 4.61. The SMILES string of the molecule is COc1ccccc1[C@@H]1CN(C(=O)Cn2cc(Cl)cn2)CCN1C. The standard InChI is InChI=1S/C17H21ClN4O2/c1-20-7-8-21(17(23)12-22-10-13(18)9-19-22)11-15(20)14-5-3-4-6-16(14)24-2/h3-6,9-10,15H,7-8,11-12H2,1-2H3/t15-/m0/s1. The molecule has 1 saturated heterocycles. The zero-order chi connectivity index (χ0) is 17.1. The van der Waals surface area contributed by atoms with Gasteiger partial charge in [-0.15, -0.1) is 0 Å². The molecule has 0 bridgehead atoms. The Morgan fingerprint density at radius 1 is 1.38 bits per heavy atom. The number of methoxy groups -OCH3 is 1. The molecule has 0 radical (unpaired) electrons. The molecule has 1 aromatic heterocycles. The van der Waals surface area contributed by atoms with Gasteiger partial charge in [-0.2, -0.15) is 5.10 Å². The second kappa shape index (κ2) is 7.23. The third-order valence-corrected chi connectivity index (χ3v) is 4.59. The molecule has 0 unspecified atom stereocenters. The lowest BCUT2D eigenvalue weighted by Gasteiger charge is -2.40. The first-order chi connectivity index (χ1) is 11.6. The third kappa shape index (κ3) is 3.55. The number of halogens is 1. The lowest BCUT2D eigenvalue weighted by molar-refractivity contribution is -0.134. The smallest absolute Gasteiger partial charge is 0.244 e. The summed E-state index contributed by atoms with van der Waals surface area (Å²) in [5.41, 5.74) is 1.10. The van der Waals surface area contributed by atoms with Gasteiger partial charge in [0.25, 0.3) is 0 Å². The lowest BCUT2D eigenvalue weighted by atomic mass is 10.0. The molecule has 3 rings (SSSR count). The van der Waals surface area contributed by atoms with Crippen molar-refractivity contribution in [3.8, 4) is 5.75 Å². The summed E-state index contributed by atoms with van der Waals surface area (Å²) in [6.45, 7) is 2.35. The number of benzene rings is 1. The average Bonchev–Trinajstić information content (AvgIpc) is 3.00. The topological polar surface area (TPSA) is 50.6 Å². The Bertz CT molecular complexity index is 718. The molecular formula is C17H21ClN4O2. The van der Waals surface area contributed by atoms with Crippen LogP contribution in [0.5, 0.6) is 5.75 Å². The monoisotopic (exact) mass is 348 g/mol. The van der Waals surface area contributed by atoms with Gasteiger partial charge in [0.1, 0.15) is 12.3 Å². The highest BCUT2D eigenvalue weighted by Gasteiger charge is 2.30. The second-order valence-electron chi connectivity index (χ2n) is 5.93. The van der Waals surface area contributed by atoms with Crippen LogP contribution in [-0.2, 0) is 11.3 Å². The van der Waals surface area contributed by atoms with Crippen LogP contribution < -0.4 is 4.74 Å². The molecule has 0 N–H and O–H groups in total. The van der Waals surface area contributed by atoms with E-state index in [4.69, 9.17) is 16.3 Å². The van der Waals surface area contributed by atoms with Gasteiger partial charge < -0.3 is 9.64 Å². The Hall–Kier alpha value is -2.05.